The molecule has 1 N–H and O–H groups in total. The maximum absolute atomic E-state index is 12.2. The molecule has 27 heavy (non-hydrogen) atoms. The van der Waals surface area contributed by atoms with Crippen LogP contribution in [0, 0.1) is 17.0 Å². The summed E-state index contributed by atoms with van der Waals surface area (Å²) >= 11 is 7.04. The van der Waals surface area contributed by atoms with Gasteiger partial charge in [0, 0.05) is 28.9 Å². The minimum Gasteiger partial charge on any atom is -0.490 e. The minimum absolute atomic E-state index is 0.0549. The normalized spacial score (nSPS) is 10.8. The van der Waals surface area contributed by atoms with Crippen molar-refractivity contribution in [2.75, 3.05) is 18.2 Å². The Morgan fingerprint density at radius 2 is 2.19 bits per heavy atom. The largest absolute Gasteiger partial charge is 0.490 e. The van der Waals surface area contributed by atoms with Crippen molar-refractivity contribution in [3.63, 3.8) is 0 Å². The molecule has 0 aliphatic carbocycles. The third kappa shape index (κ3) is 4.32. The highest BCUT2D eigenvalue weighted by atomic mass is 35.5. The quantitative estimate of drug-likeness (QED) is 0.365. The third-order valence-corrected chi connectivity index (χ3v) is 4.72. The van der Waals surface area contributed by atoms with Gasteiger partial charge in [0.2, 0.25) is 5.91 Å². The van der Waals surface area contributed by atoms with Crippen LogP contribution in [0.2, 0.25) is 5.02 Å². The molecule has 0 aliphatic heterocycles. The Kier molecular flexibility index (Phi) is 5.52. The van der Waals surface area contributed by atoms with Crippen molar-refractivity contribution in [3.8, 4) is 5.75 Å². The minimum atomic E-state index is -0.535. The van der Waals surface area contributed by atoms with Crippen LogP contribution < -0.4 is 10.1 Å². The van der Waals surface area contributed by atoms with Gasteiger partial charge in [-0.05, 0) is 24.6 Å². The van der Waals surface area contributed by atoms with E-state index in [1.807, 2.05) is 0 Å². The molecule has 3 rings (SSSR count). The zero-order valence-electron chi connectivity index (χ0n) is 14.3. The van der Waals surface area contributed by atoms with Crippen LogP contribution in [0.25, 0.3) is 11.1 Å². The molecule has 0 atom stereocenters. The molecular weight excluding hydrogens is 394 g/mol. The lowest BCUT2D eigenvalue weighted by molar-refractivity contribution is -0.385. The maximum Gasteiger partial charge on any atom is 0.311 e. The van der Waals surface area contributed by atoms with Gasteiger partial charge in [0.1, 0.15) is 5.52 Å². The number of halogens is 1. The number of rotatable bonds is 6. The van der Waals surface area contributed by atoms with Gasteiger partial charge in [0.25, 0.3) is 5.22 Å². The average Bonchev–Trinajstić information content (AvgIpc) is 3.03. The van der Waals surface area contributed by atoms with Crippen molar-refractivity contribution in [1.82, 2.24) is 4.98 Å². The van der Waals surface area contributed by atoms with E-state index in [1.54, 1.807) is 25.1 Å². The summed E-state index contributed by atoms with van der Waals surface area (Å²) in [5.41, 5.74) is 2.02. The summed E-state index contributed by atoms with van der Waals surface area (Å²) in [6.45, 7) is 1.67. The van der Waals surface area contributed by atoms with Crippen molar-refractivity contribution in [2.45, 2.75) is 12.1 Å². The molecule has 140 valence electrons. The molecule has 0 radical (unpaired) electrons. The molecule has 1 aromatic heterocycles. The van der Waals surface area contributed by atoms with Crippen LogP contribution in [-0.2, 0) is 4.79 Å². The number of fused-ring (bicyclic) bond motifs is 1. The number of nitro groups is 1. The van der Waals surface area contributed by atoms with Crippen molar-refractivity contribution < 1.29 is 18.9 Å². The van der Waals surface area contributed by atoms with Crippen LogP contribution in [0.5, 0.6) is 5.75 Å². The van der Waals surface area contributed by atoms with E-state index in [2.05, 4.69) is 10.3 Å². The van der Waals surface area contributed by atoms with E-state index < -0.39 is 4.92 Å². The van der Waals surface area contributed by atoms with E-state index in [1.165, 1.54) is 19.2 Å². The zero-order valence-corrected chi connectivity index (χ0v) is 15.9. The molecular formula is C17H14ClN3O5S. The molecule has 0 aliphatic rings. The van der Waals surface area contributed by atoms with E-state index in [9.17, 15) is 14.9 Å². The van der Waals surface area contributed by atoms with E-state index in [-0.39, 0.29) is 23.1 Å². The summed E-state index contributed by atoms with van der Waals surface area (Å²) in [6, 6.07) is 7.88. The number of carbonyl (C=O) groups excluding carboxylic acids is 1. The highest BCUT2D eigenvalue weighted by Gasteiger charge is 2.18. The van der Waals surface area contributed by atoms with E-state index >= 15 is 0 Å². The van der Waals surface area contributed by atoms with Crippen LogP contribution >= 0.6 is 23.4 Å². The lowest BCUT2D eigenvalue weighted by atomic mass is 10.1. The number of carbonyl (C=O) groups is 1. The third-order valence-electron chi connectivity index (χ3n) is 3.65. The fraction of sp³-hybridized carbons (Fsp3) is 0.176. The van der Waals surface area contributed by atoms with Crippen molar-refractivity contribution >= 4 is 51.7 Å². The number of anilines is 1. The zero-order chi connectivity index (χ0) is 19.6. The Morgan fingerprint density at radius 3 is 2.89 bits per heavy atom. The molecule has 0 bridgehead atoms. The van der Waals surface area contributed by atoms with Gasteiger partial charge in [-0.1, -0.05) is 23.4 Å². The first-order chi connectivity index (χ1) is 12.9. The van der Waals surface area contributed by atoms with Gasteiger partial charge in [-0.15, -0.1) is 0 Å². The molecule has 10 heteroatoms. The number of amides is 1. The van der Waals surface area contributed by atoms with E-state index in [0.717, 1.165) is 11.8 Å². The lowest BCUT2D eigenvalue weighted by Gasteiger charge is -2.10. The van der Waals surface area contributed by atoms with Crippen LogP contribution in [0.4, 0.5) is 11.4 Å². The van der Waals surface area contributed by atoms with Gasteiger partial charge in [0.05, 0.1) is 17.8 Å². The number of methoxy groups -OCH3 is 1. The number of nitrogens with one attached hydrogen (secondary N) is 1. The molecule has 3 aromatic rings. The number of nitrogens with zero attached hydrogens (tertiary/aromatic N) is 2. The number of thioether (sulfide) groups is 1. The first kappa shape index (κ1) is 19.0. The van der Waals surface area contributed by atoms with Crippen LogP contribution in [-0.4, -0.2) is 28.7 Å². The monoisotopic (exact) mass is 407 g/mol. The number of ether oxygens (including phenoxy) is 1. The highest BCUT2D eigenvalue weighted by molar-refractivity contribution is 7.99. The predicted octanol–water partition coefficient (Wildman–Crippen LogP) is 4.44. The number of aromatic nitrogens is 1. The Morgan fingerprint density at radius 1 is 1.41 bits per heavy atom. The Balaban J connectivity index is 1.69. The average molecular weight is 408 g/mol. The molecule has 2 aromatic carbocycles. The summed E-state index contributed by atoms with van der Waals surface area (Å²) in [5.74, 6) is -0.178. The summed E-state index contributed by atoms with van der Waals surface area (Å²) in [5, 5.41) is 14.6. The van der Waals surface area contributed by atoms with Crippen LogP contribution in [0.1, 0.15) is 5.56 Å². The SMILES string of the molecule is COc1cc(NC(=O)CSc2nc3ccc(Cl)cc3o2)c(C)cc1[N+](=O)[O-]. The van der Waals surface area contributed by atoms with Crippen molar-refractivity contribution in [1.29, 1.82) is 0 Å². The second-order valence-electron chi connectivity index (χ2n) is 5.52. The maximum atomic E-state index is 12.2. The summed E-state index contributed by atoms with van der Waals surface area (Å²) in [7, 11) is 1.33. The molecule has 0 saturated carbocycles. The molecule has 0 fully saturated rings. The van der Waals surface area contributed by atoms with Crippen molar-refractivity contribution in [2.24, 2.45) is 0 Å². The summed E-state index contributed by atoms with van der Waals surface area (Å²) < 4.78 is 10.6. The Hall–Kier alpha value is -2.78. The van der Waals surface area contributed by atoms with Gasteiger partial charge < -0.3 is 14.5 Å². The number of oxazole rings is 1. The van der Waals surface area contributed by atoms with Gasteiger partial charge in [-0.2, -0.15) is 0 Å². The van der Waals surface area contributed by atoms with Crippen molar-refractivity contribution in [3.05, 3.63) is 51.0 Å². The Bertz CT molecular complexity index is 1040. The number of aryl methyl sites for hydroxylation is 1. The standard InChI is InChI=1S/C17H14ClN3O5S/c1-9-5-13(21(23)24)15(25-2)7-12(9)19-16(22)8-27-17-20-11-4-3-10(18)6-14(11)26-17/h3-7H,8H2,1-2H3,(H,19,22). The number of hydrogen-bond acceptors (Lipinski definition) is 7. The fourth-order valence-electron chi connectivity index (χ4n) is 2.37. The topological polar surface area (TPSA) is 108 Å². The smallest absolute Gasteiger partial charge is 0.311 e. The first-order valence-electron chi connectivity index (χ1n) is 7.69. The van der Waals surface area contributed by atoms with Gasteiger partial charge in [0.15, 0.2) is 11.3 Å². The highest BCUT2D eigenvalue weighted by Crippen LogP contribution is 2.33. The molecule has 8 nitrogen and oxygen atoms in total. The second kappa shape index (κ2) is 7.85. The van der Waals surface area contributed by atoms with Gasteiger partial charge in [-0.25, -0.2) is 4.98 Å². The van der Waals surface area contributed by atoms with E-state index in [4.69, 9.17) is 20.8 Å². The molecule has 1 heterocycles. The lowest BCUT2D eigenvalue weighted by Crippen LogP contribution is -2.15. The molecule has 1 amide bonds. The molecule has 0 spiro atoms. The number of hydrogen-bond donors (Lipinski definition) is 1. The number of nitro benzene ring substituents is 1. The van der Waals surface area contributed by atoms with Crippen LogP contribution in [0.3, 0.4) is 0 Å². The van der Waals surface area contributed by atoms with Gasteiger partial charge >= 0.3 is 5.69 Å². The van der Waals surface area contributed by atoms with E-state index in [0.29, 0.717) is 32.6 Å². The Labute approximate surface area is 163 Å². The second-order valence-corrected chi connectivity index (χ2v) is 6.89. The predicted molar refractivity (Wildman–Crippen MR) is 103 cm³/mol. The van der Waals surface area contributed by atoms with Gasteiger partial charge in [-0.3, -0.25) is 14.9 Å². The summed E-state index contributed by atoms with van der Waals surface area (Å²) in [6.07, 6.45) is 0. The molecule has 0 unspecified atom stereocenters. The first-order valence-corrected chi connectivity index (χ1v) is 9.05. The fourth-order valence-corrected chi connectivity index (χ4v) is 3.17. The summed E-state index contributed by atoms with van der Waals surface area (Å²) in [4.78, 5) is 27.0. The molecule has 0 saturated heterocycles. The van der Waals surface area contributed by atoms with Crippen LogP contribution in [0.15, 0.2) is 40.0 Å². The number of benzene rings is 2.